The highest BCUT2D eigenvalue weighted by Gasteiger charge is 2.01. The van der Waals surface area contributed by atoms with Crippen LogP contribution in [0.1, 0.15) is 110 Å². The molecule has 0 aromatic carbocycles. The van der Waals surface area contributed by atoms with E-state index >= 15 is 0 Å². The zero-order valence-corrected chi connectivity index (χ0v) is 16.6. The zero-order chi connectivity index (χ0) is 18.4. The van der Waals surface area contributed by atoms with Crippen LogP contribution in [0.25, 0.3) is 0 Å². The maximum atomic E-state index is 11.4. The van der Waals surface area contributed by atoms with E-state index in [0.29, 0.717) is 19.4 Å². The van der Waals surface area contributed by atoms with Gasteiger partial charge >= 0.3 is 5.97 Å². The second-order valence-electron chi connectivity index (χ2n) is 6.99. The molecule has 0 bridgehead atoms. The highest BCUT2D eigenvalue weighted by atomic mass is 16.5. The highest BCUT2D eigenvalue weighted by Crippen LogP contribution is 2.10. The minimum atomic E-state index is -0.0874. The lowest BCUT2D eigenvalue weighted by Crippen LogP contribution is -2.06. The first-order chi connectivity index (χ1) is 12.3. The minimum Gasteiger partial charge on any atom is -0.466 e. The summed E-state index contributed by atoms with van der Waals surface area (Å²) >= 11 is 0. The molecule has 0 aliphatic rings. The molecule has 0 fully saturated rings. The van der Waals surface area contributed by atoms with E-state index in [1.54, 1.807) is 0 Å². The molecule has 0 saturated carbocycles. The van der Waals surface area contributed by atoms with Crippen molar-refractivity contribution in [3.05, 3.63) is 12.2 Å². The summed E-state index contributed by atoms with van der Waals surface area (Å²) < 4.78 is 5.10. The fraction of sp³-hybridized carbons (Fsp3) is 0.864. The second kappa shape index (κ2) is 21.2. The summed E-state index contributed by atoms with van der Waals surface area (Å²) in [5.74, 6) is -0.0874. The topological polar surface area (TPSA) is 46.5 Å². The lowest BCUT2D eigenvalue weighted by Gasteiger charge is -2.04. The van der Waals surface area contributed by atoms with E-state index in [9.17, 15) is 4.79 Å². The van der Waals surface area contributed by atoms with Crippen LogP contribution in [0.2, 0.25) is 0 Å². The van der Waals surface area contributed by atoms with Crippen LogP contribution in [-0.2, 0) is 9.53 Å². The monoisotopic (exact) mass is 354 g/mol. The first-order valence-electron chi connectivity index (χ1n) is 10.7. The van der Waals surface area contributed by atoms with Crippen LogP contribution in [0.15, 0.2) is 12.2 Å². The number of rotatable bonds is 19. The Hall–Kier alpha value is -0.830. The third kappa shape index (κ3) is 21.1. The number of hydrogen-bond donors (Lipinski definition) is 1. The summed E-state index contributed by atoms with van der Waals surface area (Å²) in [5.41, 5.74) is 0. The van der Waals surface area contributed by atoms with Gasteiger partial charge in [-0.15, -0.1) is 0 Å². The van der Waals surface area contributed by atoms with Crippen LogP contribution < -0.4 is 0 Å². The van der Waals surface area contributed by atoms with E-state index in [-0.39, 0.29) is 12.6 Å². The van der Waals surface area contributed by atoms with Crippen molar-refractivity contribution in [2.45, 2.75) is 110 Å². The third-order valence-electron chi connectivity index (χ3n) is 4.46. The van der Waals surface area contributed by atoms with Gasteiger partial charge in [0, 0.05) is 13.0 Å². The van der Waals surface area contributed by atoms with Gasteiger partial charge in [-0.05, 0) is 44.9 Å². The second-order valence-corrected chi connectivity index (χ2v) is 6.99. The van der Waals surface area contributed by atoms with Crippen molar-refractivity contribution in [1.82, 2.24) is 0 Å². The summed E-state index contributed by atoms with van der Waals surface area (Å²) in [6.45, 7) is 2.88. The molecule has 0 spiro atoms. The third-order valence-corrected chi connectivity index (χ3v) is 4.46. The van der Waals surface area contributed by atoms with Crippen LogP contribution in [0, 0.1) is 0 Å². The van der Waals surface area contributed by atoms with Gasteiger partial charge in [-0.25, -0.2) is 0 Å². The maximum Gasteiger partial charge on any atom is 0.305 e. The molecule has 1 N–H and O–H groups in total. The zero-order valence-electron chi connectivity index (χ0n) is 16.6. The van der Waals surface area contributed by atoms with Gasteiger partial charge < -0.3 is 9.84 Å². The number of aliphatic hydroxyl groups is 1. The summed E-state index contributed by atoms with van der Waals surface area (Å²) in [7, 11) is 0. The van der Waals surface area contributed by atoms with Gasteiger partial charge in [0.15, 0.2) is 0 Å². The number of ether oxygens (including phenoxy) is 1. The maximum absolute atomic E-state index is 11.4. The fourth-order valence-electron chi connectivity index (χ4n) is 2.81. The van der Waals surface area contributed by atoms with Crippen LogP contribution in [0.4, 0.5) is 0 Å². The molecular formula is C22H42O3. The quantitative estimate of drug-likeness (QED) is 0.167. The Labute approximate surface area is 156 Å². The fourth-order valence-corrected chi connectivity index (χ4v) is 2.81. The Morgan fingerprint density at radius 1 is 0.760 bits per heavy atom. The SMILES string of the molecule is CCCCCCCC/C=C/CCCCCCCC(=O)OCCCCO. The molecule has 0 aromatic heterocycles. The van der Waals surface area contributed by atoms with Crippen molar-refractivity contribution >= 4 is 5.97 Å². The normalized spacial score (nSPS) is 11.3. The predicted octanol–water partition coefficient (Wildman–Crippen LogP) is 6.34. The smallest absolute Gasteiger partial charge is 0.305 e. The molecule has 0 aromatic rings. The average molecular weight is 355 g/mol. The molecule has 3 heteroatoms. The Balaban J connectivity index is 3.17. The van der Waals surface area contributed by atoms with Crippen molar-refractivity contribution in [2.75, 3.05) is 13.2 Å². The minimum absolute atomic E-state index is 0.0874. The highest BCUT2D eigenvalue weighted by molar-refractivity contribution is 5.69. The lowest BCUT2D eigenvalue weighted by atomic mass is 10.1. The van der Waals surface area contributed by atoms with E-state index in [0.717, 1.165) is 19.3 Å². The van der Waals surface area contributed by atoms with E-state index in [4.69, 9.17) is 9.84 Å². The molecule has 0 aliphatic heterocycles. The Morgan fingerprint density at radius 3 is 1.92 bits per heavy atom. The number of carbonyl (C=O) groups is 1. The molecule has 0 unspecified atom stereocenters. The molecule has 0 amide bonds. The Kier molecular flexibility index (Phi) is 20.5. The van der Waals surface area contributed by atoms with Gasteiger partial charge in [0.2, 0.25) is 0 Å². The van der Waals surface area contributed by atoms with Crippen molar-refractivity contribution < 1.29 is 14.6 Å². The Bertz CT molecular complexity index is 300. The number of allylic oxidation sites excluding steroid dienone is 2. The standard InChI is InChI=1S/C22H42O3/c1-2-3-4-5-6-7-8-9-10-11-12-13-14-15-16-19-22(24)25-21-18-17-20-23/h9-10,23H,2-8,11-21H2,1H3/b10-9+. The molecule has 0 rings (SSSR count). The van der Waals surface area contributed by atoms with E-state index in [1.807, 2.05) is 0 Å². The first kappa shape index (κ1) is 24.2. The molecule has 0 atom stereocenters. The van der Waals surface area contributed by atoms with Crippen LogP contribution >= 0.6 is 0 Å². The van der Waals surface area contributed by atoms with E-state index in [2.05, 4.69) is 19.1 Å². The van der Waals surface area contributed by atoms with Gasteiger partial charge in [0.25, 0.3) is 0 Å². The summed E-state index contributed by atoms with van der Waals surface area (Å²) in [6.07, 6.45) is 23.2. The van der Waals surface area contributed by atoms with Gasteiger partial charge in [0.05, 0.1) is 6.61 Å². The van der Waals surface area contributed by atoms with Crippen molar-refractivity contribution in [3.63, 3.8) is 0 Å². The predicted molar refractivity (Wildman–Crippen MR) is 107 cm³/mol. The number of esters is 1. The average Bonchev–Trinajstić information content (AvgIpc) is 2.62. The molecule has 0 saturated heterocycles. The van der Waals surface area contributed by atoms with Crippen LogP contribution in [0.5, 0.6) is 0 Å². The molecular weight excluding hydrogens is 312 g/mol. The molecule has 0 aliphatic carbocycles. The van der Waals surface area contributed by atoms with Crippen molar-refractivity contribution in [1.29, 1.82) is 0 Å². The van der Waals surface area contributed by atoms with Gasteiger partial charge in [-0.2, -0.15) is 0 Å². The number of unbranched alkanes of at least 4 members (excludes halogenated alkanes) is 12. The molecule has 0 heterocycles. The van der Waals surface area contributed by atoms with Gasteiger partial charge in [0.1, 0.15) is 0 Å². The number of carbonyl (C=O) groups excluding carboxylic acids is 1. The largest absolute Gasteiger partial charge is 0.466 e. The van der Waals surface area contributed by atoms with Crippen LogP contribution in [-0.4, -0.2) is 24.3 Å². The van der Waals surface area contributed by atoms with Crippen LogP contribution in [0.3, 0.4) is 0 Å². The van der Waals surface area contributed by atoms with Gasteiger partial charge in [-0.3, -0.25) is 4.79 Å². The Morgan fingerprint density at radius 2 is 1.32 bits per heavy atom. The lowest BCUT2D eigenvalue weighted by molar-refractivity contribution is -0.143. The van der Waals surface area contributed by atoms with Crippen molar-refractivity contribution in [3.8, 4) is 0 Å². The molecule has 0 radical (unpaired) electrons. The molecule has 148 valence electrons. The van der Waals surface area contributed by atoms with E-state index in [1.165, 1.54) is 70.6 Å². The summed E-state index contributed by atoms with van der Waals surface area (Å²) in [6, 6.07) is 0. The van der Waals surface area contributed by atoms with Crippen molar-refractivity contribution in [2.24, 2.45) is 0 Å². The number of aliphatic hydroxyl groups excluding tert-OH is 1. The summed E-state index contributed by atoms with van der Waals surface area (Å²) in [5, 5.41) is 8.64. The first-order valence-corrected chi connectivity index (χ1v) is 10.7. The van der Waals surface area contributed by atoms with Gasteiger partial charge in [-0.1, -0.05) is 70.4 Å². The molecule has 3 nitrogen and oxygen atoms in total. The molecule has 25 heavy (non-hydrogen) atoms. The number of hydrogen-bond acceptors (Lipinski definition) is 3. The van der Waals surface area contributed by atoms with E-state index < -0.39 is 0 Å². The summed E-state index contributed by atoms with van der Waals surface area (Å²) in [4.78, 5) is 11.4.